The summed E-state index contributed by atoms with van der Waals surface area (Å²) in [4.78, 5) is 23.8. The predicted molar refractivity (Wildman–Crippen MR) is 88.1 cm³/mol. The fourth-order valence-electron chi connectivity index (χ4n) is 1.81. The van der Waals surface area contributed by atoms with Gasteiger partial charge in [0.15, 0.2) is 0 Å². The molecule has 0 spiro atoms. The van der Waals surface area contributed by atoms with Gasteiger partial charge in [-0.2, -0.15) is 0 Å². The van der Waals surface area contributed by atoms with E-state index < -0.39 is 11.9 Å². The molecule has 2 aromatic rings. The Morgan fingerprint density at radius 2 is 1.65 bits per heavy atom. The highest BCUT2D eigenvalue weighted by atomic mass is 79.9. The van der Waals surface area contributed by atoms with Gasteiger partial charge in [-0.05, 0) is 65.3 Å². The van der Waals surface area contributed by atoms with Crippen molar-refractivity contribution < 1.29 is 23.8 Å². The Morgan fingerprint density at radius 3 is 2.22 bits per heavy atom. The number of carbonyl (C=O) groups is 2. The van der Waals surface area contributed by atoms with Crippen LogP contribution in [0.5, 0.6) is 11.5 Å². The number of esters is 2. The van der Waals surface area contributed by atoms with Gasteiger partial charge in [-0.15, -0.1) is 0 Å². The van der Waals surface area contributed by atoms with Crippen molar-refractivity contribution in [1.82, 2.24) is 0 Å². The summed E-state index contributed by atoms with van der Waals surface area (Å²) < 4.78 is 15.8. The van der Waals surface area contributed by atoms with Crippen LogP contribution >= 0.6 is 15.9 Å². The van der Waals surface area contributed by atoms with Crippen LogP contribution in [0.4, 0.5) is 0 Å². The summed E-state index contributed by atoms with van der Waals surface area (Å²) in [6, 6.07) is 11.2. The van der Waals surface area contributed by atoms with Gasteiger partial charge in [0.25, 0.3) is 0 Å². The van der Waals surface area contributed by atoms with Crippen molar-refractivity contribution in [2.24, 2.45) is 0 Å². The van der Waals surface area contributed by atoms with Crippen LogP contribution in [0.3, 0.4) is 0 Å². The van der Waals surface area contributed by atoms with E-state index in [2.05, 4.69) is 15.9 Å². The lowest BCUT2D eigenvalue weighted by Crippen LogP contribution is -2.09. The van der Waals surface area contributed by atoms with Gasteiger partial charge in [-0.25, -0.2) is 9.59 Å². The quantitative estimate of drug-likeness (QED) is 0.583. The van der Waals surface area contributed by atoms with Crippen molar-refractivity contribution in [3.05, 3.63) is 58.1 Å². The Hall–Kier alpha value is -2.34. The zero-order chi connectivity index (χ0) is 16.8. The molecule has 0 radical (unpaired) electrons. The van der Waals surface area contributed by atoms with E-state index in [0.29, 0.717) is 33.7 Å². The Morgan fingerprint density at radius 1 is 1.00 bits per heavy atom. The zero-order valence-corrected chi connectivity index (χ0v) is 14.3. The number of carbonyl (C=O) groups excluding carboxylic acids is 2. The summed E-state index contributed by atoms with van der Waals surface area (Å²) in [5.74, 6) is 0.0406. The number of hydrogen-bond acceptors (Lipinski definition) is 5. The largest absolute Gasteiger partial charge is 0.497 e. The molecular formula is C17H15BrO5. The Kier molecular flexibility index (Phi) is 5.76. The standard InChI is InChI=1S/C17H15BrO5/c1-3-22-16(19)12-6-9-15(14(18)10-12)23-17(20)11-4-7-13(21-2)8-5-11/h4-10H,3H2,1-2H3. The SMILES string of the molecule is CCOC(=O)c1ccc(OC(=O)c2ccc(OC)cc2)c(Br)c1. The van der Waals surface area contributed by atoms with Crippen molar-refractivity contribution in [2.75, 3.05) is 13.7 Å². The minimum atomic E-state index is -0.503. The smallest absolute Gasteiger partial charge is 0.343 e. The third-order valence-electron chi connectivity index (χ3n) is 2.97. The molecule has 0 unspecified atom stereocenters. The van der Waals surface area contributed by atoms with E-state index in [-0.39, 0.29) is 0 Å². The highest BCUT2D eigenvalue weighted by Gasteiger charge is 2.14. The molecule has 6 heteroatoms. The van der Waals surface area contributed by atoms with Crippen LogP contribution < -0.4 is 9.47 Å². The van der Waals surface area contributed by atoms with Crippen LogP contribution in [-0.4, -0.2) is 25.7 Å². The van der Waals surface area contributed by atoms with E-state index in [9.17, 15) is 9.59 Å². The molecule has 2 rings (SSSR count). The number of benzene rings is 2. The van der Waals surface area contributed by atoms with Crippen LogP contribution in [0, 0.1) is 0 Å². The number of hydrogen-bond donors (Lipinski definition) is 0. The first-order valence-corrected chi connectivity index (χ1v) is 7.67. The number of rotatable bonds is 5. The van der Waals surface area contributed by atoms with Gasteiger partial charge in [0.05, 0.1) is 29.3 Å². The van der Waals surface area contributed by atoms with Gasteiger partial charge in [0, 0.05) is 0 Å². The Bertz CT molecular complexity index is 709. The van der Waals surface area contributed by atoms with Gasteiger partial charge in [-0.3, -0.25) is 0 Å². The molecule has 0 aliphatic carbocycles. The lowest BCUT2D eigenvalue weighted by Gasteiger charge is -2.08. The van der Waals surface area contributed by atoms with Gasteiger partial charge in [0.1, 0.15) is 11.5 Å². The molecule has 0 saturated carbocycles. The topological polar surface area (TPSA) is 61.8 Å². The molecule has 0 heterocycles. The maximum Gasteiger partial charge on any atom is 0.343 e. The maximum atomic E-state index is 12.1. The van der Waals surface area contributed by atoms with Crippen molar-refractivity contribution in [2.45, 2.75) is 6.92 Å². The van der Waals surface area contributed by atoms with Gasteiger partial charge in [-0.1, -0.05) is 0 Å². The second kappa shape index (κ2) is 7.78. The fraction of sp³-hybridized carbons (Fsp3) is 0.176. The first-order valence-electron chi connectivity index (χ1n) is 6.88. The van der Waals surface area contributed by atoms with E-state index >= 15 is 0 Å². The van der Waals surface area contributed by atoms with Gasteiger partial charge < -0.3 is 14.2 Å². The van der Waals surface area contributed by atoms with Crippen molar-refractivity contribution in [3.8, 4) is 11.5 Å². The van der Waals surface area contributed by atoms with Crippen LogP contribution in [-0.2, 0) is 4.74 Å². The van der Waals surface area contributed by atoms with Crippen LogP contribution in [0.1, 0.15) is 27.6 Å². The molecule has 0 aromatic heterocycles. The molecule has 0 bridgehead atoms. The summed E-state index contributed by atoms with van der Waals surface area (Å²) in [6.07, 6.45) is 0. The number of ether oxygens (including phenoxy) is 3. The van der Waals surface area contributed by atoms with Crippen molar-refractivity contribution >= 4 is 27.9 Å². The van der Waals surface area contributed by atoms with Crippen molar-refractivity contribution in [3.63, 3.8) is 0 Å². The molecule has 0 amide bonds. The molecule has 0 saturated heterocycles. The third kappa shape index (κ3) is 4.32. The van der Waals surface area contributed by atoms with E-state index in [1.807, 2.05) is 0 Å². The summed E-state index contributed by atoms with van der Waals surface area (Å²) in [5.41, 5.74) is 0.773. The minimum Gasteiger partial charge on any atom is -0.497 e. The first-order chi connectivity index (χ1) is 11.0. The molecule has 0 fully saturated rings. The summed E-state index contributed by atoms with van der Waals surface area (Å²) in [5, 5.41) is 0. The monoisotopic (exact) mass is 378 g/mol. The average molecular weight is 379 g/mol. The fourth-order valence-corrected chi connectivity index (χ4v) is 2.27. The maximum absolute atomic E-state index is 12.1. The first kappa shape index (κ1) is 17.0. The summed E-state index contributed by atoms with van der Waals surface area (Å²) in [7, 11) is 1.55. The second-order valence-corrected chi connectivity index (χ2v) is 5.34. The van der Waals surface area contributed by atoms with Crippen LogP contribution in [0.25, 0.3) is 0 Å². The number of methoxy groups -OCH3 is 1. The van der Waals surface area contributed by atoms with Crippen molar-refractivity contribution in [1.29, 1.82) is 0 Å². The van der Waals surface area contributed by atoms with E-state index in [1.54, 1.807) is 50.4 Å². The number of halogens is 1. The molecular weight excluding hydrogens is 364 g/mol. The molecule has 5 nitrogen and oxygen atoms in total. The van der Waals surface area contributed by atoms with Crippen LogP contribution in [0.2, 0.25) is 0 Å². The summed E-state index contributed by atoms with van der Waals surface area (Å²) >= 11 is 3.29. The normalized spacial score (nSPS) is 10.0. The third-order valence-corrected chi connectivity index (χ3v) is 3.59. The van der Waals surface area contributed by atoms with Crippen LogP contribution in [0.15, 0.2) is 46.9 Å². The highest BCUT2D eigenvalue weighted by molar-refractivity contribution is 9.10. The second-order valence-electron chi connectivity index (χ2n) is 4.48. The molecule has 120 valence electrons. The Balaban J connectivity index is 2.12. The molecule has 0 atom stereocenters. The average Bonchev–Trinajstić information content (AvgIpc) is 2.56. The molecule has 0 N–H and O–H groups in total. The van der Waals surface area contributed by atoms with Gasteiger partial charge in [0.2, 0.25) is 0 Å². The van der Waals surface area contributed by atoms with E-state index in [0.717, 1.165) is 0 Å². The lowest BCUT2D eigenvalue weighted by atomic mass is 10.2. The molecule has 2 aromatic carbocycles. The summed E-state index contributed by atoms with van der Waals surface area (Å²) in [6.45, 7) is 2.03. The van der Waals surface area contributed by atoms with E-state index in [4.69, 9.17) is 14.2 Å². The minimum absolute atomic E-state index is 0.296. The lowest BCUT2D eigenvalue weighted by molar-refractivity contribution is 0.0526. The molecule has 0 aliphatic rings. The predicted octanol–water partition coefficient (Wildman–Crippen LogP) is 3.85. The Labute approximate surface area is 142 Å². The van der Waals surface area contributed by atoms with E-state index in [1.165, 1.54) is 6.07 Å². The molecule has 0 aliphatic heterocycles. The highest BCUT2D eigenvalue weighted by Crippen LogP contribution is 2.27. The van der Waals surface area contributed by atoms with Gasteiger partial charge >= 0.3 is 11.9 Å². The molecule has 23 heavy (non-hydrogen) atoms. The zero-order valence-electron chi connectivity index (χ0n) is 12.7.